The highest BCUT2D eigenvalue weighted by atomic mass is 35.5. The van der Waals surface area contributed by atoms with Gasteiger partial charge in [-0.2, -0.15) is 0 Å². The zero-order chi connectivity index (χ0) is 13.0. The van der Waals surface area contributed by atoms with Crippen molar-refractivity contribution in [2.24, 2.45) is 0 Å². The van der Waals surface area contributed by atoms with Crippen molar-refractivity contribution < 1.29 is 9.59 Å². The third-order valence-electron chi connectivity index (χ3n) is 2.72. The van der Waals surface area contributed by atoms with Crippen molar-refractivity contribution in [2.75, 3.05) is 0 Å². The molecule has 0 saturated carbocycles. The predicted octanol–water partition coefficient (Wildman–Crippen LogP) is 2.56. The quantitative estimate of drug-likeness (QED) is 0.783. The van der Waals surface area contributed by atoms with Crippen LogP contribution in [0.15, 0.2) is 35.9 Å². The number of aromatic nitrogens is 2. The first-order valence-electron chi connectivity index (χ1n) is 5.76. The zero-order valence-electron chi connectivity index (χ0n) is 9.80. The molecule has 2 aliphatic rings. The Kier molecular flexibility index (Phi) is 4.10. The first kappa shape index (κ1) is 12.8. The third kappa shape index (κ3) is 3.40. The second-order valence-electron chi connectivity index (χ2n) is 4.13. The summed E-state index contributed by atoms with van der Waals surface area (Å²) in [5.74, 6) is 0.374. The Bertz CT molecular complexity index is 515. The van der Waals surface area contributed by atoms with Crippen molar-refractivity contribution in [1.82, 2.24) is 9.55 Å². The fourth-order valence-corrected chi connectivity index (χ4v) is 1.99. The number of allylic oxidation sites excluding steroid dienone is 4. The molecule has 94 valence electrons. The van der Waals surface area contributed by atoms with Gasteiger partial charge in [-0.25, -0.2) is 4.98 Å². The third-order valence-corrected chi connectivity index (χ3v) is 3.02. The van der Waals surface area contributed by atoms with E-state index in [9.17, 15) is 9.59 Å². The minimum Gasteiger partial charge on any atom is -0.310 e. The van der Waals surface area contributed by atoms with Crippen molar-refractivity contribution in [1.29, 1.82) is 0 Å². The molecule has 0 radical (unpaired) electrons. The molecule has 0 spiro atoms. The van der Waals surface area contributed by atoms with E-state index in [4.69, 9.17) is 11.6 Å². The number of hydrogen-bond donors (Lipinski definition) is 0. The fourth-order valence-electron chi connectivity index (χ4n) is 1.78. The minimum atomic E-state index is 0.157. The molecule has 0 fully saturated rings. The van der Waals surface area contributed by atoms with Gasteiger partial charge in [0.05, 0.1) is 6.33 Å². The molecule has 0 atom stereocenters. The largest absolute Gasteiger partial charge is 0.310 e. The summed E-state index contributed by atoms with van der Waals surface area (Å²) in [6.07, 6.45) is 11.3. The predicted molar refractivity (Wildman–Crippen MR) is 68.9 cm³/mol. The van der Waals surface area contributed by atoms with Crippen molar-refractivity contribution in [3.05, 3.63) is 35.9 Å². The van der Waals surface area contributed by atoms with Gasteiger partial charge in [-0.1, -0.05) is 11.6 Å². The van der Waals surface area contributed by atoms with E-state index in [1.165, 1.54) is 6.08 Å². The van der Waals surface area contributed by atoms with Crippen LogP contribution in [-0.4, -0.2) is 21.1 Å². The number of rotatable bonds is 1. The summed E-state index contributed by atoms with van der Waals surface area (Å²) in [6, 6.07) is 0. The molecular formula is C13H13ClN2O2. The maximum atomic E-state index is 10.8. The van der Waals surface area contributed by atoms with Gasteiger partial charge in [0.25, 0.3) is 0 Å². The minimum absolute atomic E-state index is 0.157. The van der Waals surface area contributed by atoms with E-state index < -0.39 is 0 Å². The van der Waals surface area contributed by atoms with Crippen molar-refractivity contribution >= 4 is 28.9 Å². The summed E-state index contributed by atoms with van der Waals surface area (Å²) in [7, 11) is 0. The van der Waals surface area contributed by atoms with Gasteiger partial charge in [0.2, 0.25) is 0 Å². The lowest BCUT2D eigenvalue weighted by Gasteiger charge is -1.98. The highest BCUT2D eigenvalue weighted by Crippen LogP contribution is 2.19. The van der Waals surface area contributed by atoms with E-state index in [0.29, 0.717) is 17.9 Å². The van der Waals surface area contributed by atoms with E-state index >= 15 is 0 Å². The van der Waals surface area contributed by atoms with E-state index in [0.717, 1.165) is 18.5 Å². The van der Waals surface area contributed by atoms with Crippen molar-refractivity contribution in [2.45, 2.75) is 25.7 Å². The first-order chi connectivity index (χ1) is 8.65. The highest BCUT2D eigenvalue weighted by Gasteiger charge is 2.12. The molecule has 0 aromatic carbocycles. The Morgan fingerprint density at radius 2 is 1.78 bits per heavy atom. The molecule has 1 aromatic rings. The Morgan fingerprint density at radius 1 is 1.06 bits per heavy atom. The van der Waals surface area contributed by atoms with Gasteiger partial charge < -0.3 is 4.57 Å². The molecule has 0 aliphatic heterocycles. The lowest BCUT2D eigenvalue weighted by molar-refractivity contribution is -0.114. The number of hydrogen-bond acceptors (Lipinski definition) is 3. The van der Waals surface area contributed by atoms with Crippen LogP contribution >= 0.6 is 11.6 Å². The van der Waals surface area contributed by atoms with Gasteiger partial charge >= 0.3 is 0 Å². The average molecular weight is 265 g/mol. The molecule has 3 rings (SSSR count). The number of ketones is 2. The van der Waals surface area contributed by atoms with Crippen LogP contribution in [0.2, 0.25) is 0 Å². The molecule has 0 unspecified atom stereocenters. The van der Waals surface area contributed by atoms with Crippen LogP contribution in [0, 0.1) is 0 Å². The first-order valence-corrected chi connectivity index (χ1v) is 6.13. The van der Waals surface area contributed by atoms with E-state index in [1.807, 2.05) is 10.8 Å². The number of nitrogens with zero attached hydrogens (tertiary/aromatic N) is 2. The molecule has 1 heterocycles. The molecule has 18 heavy (non-hydrogen) atoms. The van der Waals surface area contributed by atoms with Gasteiger partial charge in [0.1, 0.15) is 0 Å². The summed E-state index contributed by atoms with van der Waals surface area (Å²) in [5.41, 5.74) is 1.05. The van der Waals surface area contributed by atoms with Gasteiger partial charge in [-0.05, 0) is 18.9 Å². The highest BCUT2D eigenvalue weighted by molar-refractivity contribution is 6.32. The van der Waals surface area contributed by atoms with E-state index in [1.54, 1.807) is 18.6 Å². The standard InChI is InChI=1S/C8H8N2O.C5H5ClO/c11-8-2-1-7(5-8)10-4-3-9-6-10;6-4-1-2-5(7)3-4/h3-6H,1-2H2;3H,1-2H2. The van der Waals surface area contributed by atoms with Crippen LogP contribution in [-0.2, 0) is 9.59 Å². The summed E-state index contributed by atoms with van der Waals surface area (Å²) in [5, 5.41) is 0.699. The molecule has 4 nitrogen and oxygen atoms in total. The van der Waals surface area contributed by atoms with Gasteiger partial charge in [-0.3, -0.25) is 9.59 Å². The molecule has 0 saturated heterocycles. The van der Waals surface area contributed by atoms with Crippen LogP contribution in [0.3, 0.4) is 0 Å². The lowest BCUT2D eigenvalue weighted by Crippen LogP contribution is -1.88. The molecule has 5 heteroatoms. The van der Waals surface area contributed by atoms with Crippen LogP contribution in [0.5, 0.6) is 0 Å². The normalized spacial score (nSPS) is 18.3. The maximum absolute atomic E-state index is 10.8. The van der Waals surface area contributed by atoms with Crippen LogP contribution < -0.4 is 0 Å². The molecule has 1 aromatic heterocycles. The number of carbonyl (C=O) groups is 2. The summed E-state index contributed by atoms with van der Waals surface area (Å²) in [6.45, 7) is 0. The van der Waals surface area contributed by atoms with Gasteiger partial charge in [-0.15, -0.1) is 0 Å². The topological polar surface area (TPSA) is 52.0 Å². The summed E-state index contributed by atoms with van der Waals surface area (Å²) < 4.78 is 1.88. The molecule has 0 amide bonds. The Labute approximate surface area is 110 Å². The van der Waals surface area contributed by atoms with Crippen molar-refractivity contribution in [3.8, 4) is 0 Å². The SMILES string of the molecule is O=C1C=C(Cl)CC1.O=C1C=C(n2ccnc2)CC1. The smallest absolute Gasteiger partial charge is 0.157 e. The Morgan fingerprint density at radius 3 is 2.17 bits per heavy atom. The Balaban J connectivity index is 0.000000149. The summed E-state index contributed by atoms with van der Waals surface area (Å²) >= 11 is 5.45. The average Bonchev–Trinajstić information content (AvgIpc) is 3.01. The van der Waals surface area contributed by atoms with Gasteiger partial charge in [0, 0.05) is 42.0 Å². The number of carbonyl (C=O) groups excluding carboxylic acids is 2. The van der Waals surface area contributed by atoms with E-state index in [-0.39, 0.29) is 11.6 Å². The summed E-state index contributed by atoms with van der Waals surface area (Å²) in [4.78, 5) is 25.0. The number of imidazole rings is 1. The number of halogens is 1. The second kappa shape index (κ2) is 5.78. The maximum Gasteiger partial charge on any atom is 0.157 e. The van der Waals surface area contributed by atoms with Crippen LogP contribution in [0.1, 0.15) is 25.7 Å². The molecule has 0 bridgehead atoms. The van der Waals surface area contributed by atoms with Crippen LogP contribution in [0.4, 0.5) is 0 Å². The monoisotopic (exact) mass is 264 g/mol. The van der Waals surface area contributed by atoms with Gasteiger partial charge in [0.15, 0.2) is 11.6 Å². The zero-order valence-corrected chi connectivity index (χ0v) is 10.6. The molecular weight excluding hydrogens is 252 g/mol. The van der Waals surface area contributed by atoms with Crippen molar-refractivity contribution in [3.63, 3.8) is 0 Å². The Hall–Kier alpha value is -1.68. The second-order valence-corrected chi connectivity index (χ2v) is 4.61. The fraction of sp³-hybridized carbons (Fsp3) is 0.308. The molecule has 0 N–H and O–H groups in total. The molecule has 2 aliphatic carbocycles. The lowest BCUT2D eigenvalue weighted by atomic mass is 10.3. The van der Waals surface area contributed by atoms with E-state index in [2.05, 4.69) is 4.98 Å². The van der Waals surface area contributed by atoms with Crippen LogP contribution in [0.25, 0.3) is 5.70 Å².